The van der Waals surface area contributed by atoms with E-state index in [1.807, 2.05) is 0 Å². The van der Waals surface area contributed by atoms with E-state index in [1.54, 1.807) is 0 Å². The molecular weight excluding hydrogens is 274 g/mol. The Balaban J connectivity index is 2.30. The quantitative estimate of drug-likeness (QED) is 0.424. The summed E-state index contributed by atoms with van der Waals surface area (Å²) in [6, 6.07) is 0. The second kappa shape index (κ2) is 4.57. The Labute approximate surface area is 112 Å². The molecule has 2 heterocycles. The van der Waals surface area contributed by atoms with Crippen LogP contribution in [0.4, 0.5) is 0 Å². The summed E-state index contributed by atoms with van der Waals surface area (Å²) in [5, 5.41) is 10.3. The molecule has 3 atom stereocenters. The maximum absolute atomic E-state index is 11.7. The molecule has 0 aliphatic carbocycles. The van der Waals surface area contributed by atoms with Gasteiger partial charge in [0.1, 0.15) is 17.0 Å². The molecule has 0 radical (unpaired) electrons. The third kappa shape index (κ3) is 2.16. The summed E-state index contributed by atoms with van der Waals surface area (Å²) in [4.78, 5) is 46.0. The molecule has 0 bridgehead atoms. The van der Waals surface area contributed by atoms with Crippen LogP contribution in [0.15, 0.2) is 11.8 Å². The summed E-state index contributed by atoms with van der Waals surface area (Å²) in [6.07, 6.45) is 1.26. The van der Waals surface area contributed by atoms with E-state index in [1.165, 1.54) is 13.0 Å². The van der Waals surface area contributed by atoms with E-state index in [-0.39, 0.29) is 11.6 Å². The standard InChI is InChI=1S/C10H11N3O5S/c1-3(14)12-5-2-4(10(17)18)13-8(16)6(7(11)15)9(13)19-5/h2,5-6,9H,1H3,(H2,11,15)(H,12,14)(H,17,18)/t5?,6-,9+/m1/s1. The highest BCUT2D eigenvalue weighted by molar-refractivity contribution is 8.00. The predicted octanol–water partition coefficient (Wildman–Crippen LogP) is -1.57. The zero-order chi connectivity index (χ0) is 14.3. The SMILES string of the molecule is CC(=O)NC1C=C(C(=O)O)N2C(=O)[C@@H](C(N)=O)[C@@H]2S1. The van der Waals surface area contributed by atoms with Gasteiger partial charge in [-0.1, -0.05) is 0 Å². The van der Waals surface area contributed by atoms with Crippen LogP contribution in [0.5, 0.6) is 0 Å². The number of carboxylic acid groups (broad SMARTS) is 1. The lowest BCUT2D eigenvalue weighted by Gasteiger charge is -2.48. The Hall–Kier alpha value is -2.03. The van der Waals surface area contributed by atoms with Crippen LogP contribution in [-0.2, 0) is 19.2 Å². The van der Waals surface area contributed by atoms with Crippen molar-refractivity contribution in [1.82, 2.24) is 10.2 Å². The lowest BCUT2D eigenvalue weighted by atomic mass is 9.96. The third-order valence-corrected chi connectivity index (χ3v) is 4.08. The maximum Gasteiger partial charge on any atom is 0.352 e. The molecule has 1 saturated heterocycles. The molecular formula is C10H11N3O5S. The highest BCUT2D eigenvalue weighted by Crippen LogP contribution is 2.43. The van der Waals surface area contributed by atoms with Crippen molar-refractivity contribution in [2.45, 2.75) is 17.7 Å². The molecule has 19 heavy (non-hydrogen) atoms. The monoisotopic (exact) mass is 285 g/mol. The molecule has 0 aromatic heterocycles. The molecule has 2 aliphatic heterocycles. The van der Waals surface area contributed by atoms with Crippen LogP contribution in [0.25, 0.3) is 0 Å². The molecule has 2 rings (SSSR count). The Morgan fingerprint density at radius 3 is 2.58 bits per heavy atom. The Bertz CT molecular complexity index is 517. The first kappa shape index (κ1) is 13.4. The zero-order valence-electron chi connectivity index (χ0n) is 9.82. The summed E-state index contributed by atoms with van der Waals surface area (Å²) in [5.74, 6) is -4.11. The lowest BCUT2D eigenvalue weighted by Crippen LogP contribution is -2.65. The van der Waals surface area contributed by atoms with Gasteiger partial charge in [-0.05, 0) is 6.08 Å². The molecule has 0 aromatic rings. The second-order valence-electron chi connectivity index (χ2n) is 4.09. The molecule has 9 heteroatoms. The number of carbonyl (C=O) groups excluding carboxylic acids is 3. The fourth-order valence-electron chi connectivity index (χ4n) is 1.99. The van der Waals surface area contributed by atoms with Gasteiger partial charge in [0.2, 0.25) is 17.7 Å². The number of carboxylic acids is 1. The number of thioether (sulfide) groups is 1. The van der Waals surface area contributed by atoms with Gasteiger partial charge in [-0.3, -0.25) is 19.3 Å². The first-order valence-corrected chi connectivity index (χ1v) is 6.27. The summed E-state index contributed by atoms with van der Waals surface area (Å²) in [7, 11) is 0. The zero-order valence-corrected chi connectivity index (χ0v) is 10.6. The minimum Gasteiger partial charge on any atom is -0.477 e. The molecule has 2 aliphatic rings. The van der Waals surface area contributed by atoms with Gasteiger partial charge >= 0.3 is 5.97 Å². The van der Waals surface area contributed by atoms with Crippen molar-refractivity contribution in [3.63, 3.8) is 0 Å². The number of carbonyl (C=O) groups is 4. The third-order valence-electron chi connectivity index (χ3n) is 2.77. The minimum atomic E-state index is -1.29. The summed E-state index contributed by atoms with van der Waals surface area (Å²) < 4.78 is 0. The normalized spacial score (nSPS) is 28.9. The maximum atomic E-state index is 11.7. The van der Waals surface area contributed by atoms with Gasteiger partial charge in [-0.2, -0.15) is 0 Å². The van der Waals surface area contributed by atoms with Gasteiger partial charge < -0.3 is 16.2 Å². The van der Waals surface area contributed by atoms with Gasteiger partial charge in [0.05, 0.1) is 5.37 Å². The Kier molecular flexibility index (Phi) is 3.23. The molecule has 102 valence electrons. The summed E-state index contributed by atoms with van der Waals surface area (Å²) >= 11 is 1.10. The molecule has 4 N–H and O–H groups in total. The van der Waals surface area contributed by atoms with Crippen molar-refractivity contribution in [3.05, 3.63) is 11.8 Å². The largest absolute Gasteiger partial charge is 0.477 e. The smallest absolute Gasteiger partial charge is 0.352 e. The van der Waals surface area contributed by atoms with Crippen LogP contribution in [-0.4, -0.2) is 44.4 Å². The van der Waals surface area contributed by atoms with Crippen LogP contribution in [0, 0.1) is 5.92 Å². The van der Waals surface area contributed by atoms with Gasteiger partial charge in [-0.15, -0.1) is 11.8 Å². The van der Waals surface area contributed by atoms with E-state index in [0.29, 0.717) is 0 Å². The van der Waals surface area contributed by atoms with Gasteiger partial charge in [0.25, 0.3) is 0 Å². The van der Waals surface area contributed by atoms with E-state index in [2.05, 4.69) is 5.32 Å². The van der Waals surface area contributed by atoms with E-state index in [4.69, 9.17) is 10.8 Å². The Morgan fingerprint density at radius 1 is 1.47 bits per heavy atom. The van der Waals surface area contributed by atoms with E-state index < -0.39 is 34.4 Å². The summed E-state index contributed by atoms with van der Waals surface area (Å²) in [6.45, 7) is 1.29. The number of hydrogen-bond donors (Lipinski definition) is 3. The van der Waals surface area contributed by atoms with Crippen molar-refractivity contribution in [2.24, 2.45) is 11.7 Å². The Morgan fingerprint density at radius 2 is 2.11 bits per heavy atom. The van der Waals surface area contributed by atoms with Gasteiger partial charge in [-0.25, -0.2) is 4.79 Å². The second-order valence-corrected chi connectivity index (χ2v) is 5.36. The van der Waals surface area contributed by atoms with Crippen LogP contribution < -0.4 is 11.1 Å². The first-order chi connectivity index (χ1) is 8.82. The highest BCUT2D eigenvalue weighted by Gasteiger charge is 2.56. The average molecular weight is 285 g/mol. The van der Waals surface area contributed by atoms with Crippen molar-refractivity contribution in [1.29, 1.82) is 0 Å². The van der Waals surface area contributed by atoms with Crippen LogP contribution in [0.2, 0.25) is 0 Å². The first-order valence-electron chi connectivity index (χ1n) is 5.33. The number of rotatable bonds is 3. The van der Waals surface area contributed by atoms with Crippen molar-refractivity contribution >= 4 is 35.5 Å². The summed E-state index contributed by atoms with van der Waals surface area (Å²) in [5.41, 5.74) is 4.86. The number of nitrogens with two attached hydrogens (primary N) is 1. The van der Waals surface area contributed by atoms with Crippen molar-refractivity contribution < 1.29 is 24.3 Å². The molecule has 8 nitrogen and oxygen atoms in total. The topological polar surface area (TPSA) is 130 Å². The minimum absolute atomic E-state index is 0.245. The average Bonchev–Trinajstić information content (AvgIpc) is 2.25. The van der Waals surface area contributed by atoms with Crippen LogP contribution >= 0.6 is 11.8 Å². The molecule has 1 fully saturated rings. The lowest BCUT2D eigenvalue weighted by molar-refractivity contribution is -0.156. The van der Waals surface area contributed by atoms with Crippen LogP contribution in [0.3, 0.4) is 0 Å². The highest BCUT2D eigenvalue weighted by atomic mass is 32.2. The van der Waals surface area contributed by atoms with Crippen LogP contribution in [0.1, 0.15) is 6.92 Å². The fraction of sp³-hybridized carbons (Fsp3) is 0.400. The number of nitrogens with one attached hydrogen (secondary N) is 1. The molecule has 0 aromatic carbocycles. The van der Waals surface area contributed by atoms with Crippen molar-refractivity contribution in [3.8, 4) is 0 Å². The number of fused-ring (bicyclic) bond motifs is 1. The fourth-order valence-corrected chi connectivity index (χ4v) is 3.47. The number of nitrogens with zero attached hydrogens (tertiary/aromatic N) is 1. The molecule has 0 saturated carbocycles. The molecule has 0 spiro atoms. The van der Waals surface area contributed by atoms with E-state index in [9.17, 15) is 19.2 Å². The number of β-lactam (4-membered cyclic amide) rings is 1. The molecule has 3 amide bonds. The number of primary amides is 1. The van der Waals surface area contributed by atoms with Gasteiger partial charge in [0, 0.05) is 6.92 Å². The number of aliphatic carboxylic acids is 1. The number of hydrogen-bond acceptors (Lipinski definition) is 5. The van der Waals surface area contributed by atoms with E-state index in [0.717, 1.165) is 16.7 Å². The van der Waals surface area contributed by atoms with Crippen molar-refractivity contribution in [2.75, 3.05) is 0 Å². The van der Waals surface area contributed by atoms with E-state index >= 15 is 0 Å². The number of amides is 3. The van der Waals surface area contributed by atoms with Gasteiger partial charge in [0.15, 0.2) is 0 Å². The molecule has 1 unspecified atom stereocenters. The predicted molar refractivity (Wildman–Crippen MR) is 64.2 cm³/mol.